The molecular weight excluding hydrogens is 268 g/mol. The van der Waals surface area contributed by atoms with Gasteiger partial charge in [-0.25, -0.2) is 4.79 Å². The summed E-state index contributed by atoms with van der Waals surface area (Å²) in [5, 5.41) is 3.00. The van der Waals surface area contributed by atoms with Crippen molar-refractivity contribution >= 4 is 17.6 Å². The molecule has 0 aliphatic rings. The lowest BCUT2D eigenvalue weighted by Gasteiger charge is -2.18. The maximum atomic E-state index is 11.7. The standard InChI is InChI=1S/C16H16N2O3/c1-21-16(20)12-9-5-6-10-13(12)18-14(15(17)19)11-7-3-2-4-8-11/h2-10,14,18H,1H3,(H2,17,19). The second kappa shape index (κ2) is 6.56. The average molecular weight is 284 g/mol. The molecule has 2 aromatic carbocycles. The van der Waals surface area contributed by atoms with E-state index < -0.39 is 17.9 Å². The van der Waals surface area contributed by atoms with Gasteiger partial charge in [0, 0.05) is 5.69 Å². The number of carbonyl (C=O) groups excluding carboxylic acids is 2. The van der Waals surface area contributed by atoms with Crippen molar-refractivity contribution in [2.24, 2.45) is 5.73 Å². The minimum absolute atomic E-state index is 0.349. The van der Waals surface area contributed by atoms with Crippen molar-refractivity contribution in [1.29, 1.82) is 0 Å². The fourth-order valence-corrected chi connectivity index (χ4v) is 2.02. The first kappa shape index (κ1) is 14.6. The summed E-state index contributed by atoms with van der Waals surface area (Å²) in [6.07, 6.45) is 0. The van der Waals surface area contributed by atoms with Gasteiger partial charge in [0.2, 0.25) is 5.91 Å². The summed E-state index contributed by atoms with van der Waals surface area (Å²) in [5.41, 5.74) is 7.03. The molecule has 0 fully saturated rings. The van der Waals surface area contributed by atoms with Gasteiger partial charge in [0.15, 0.2) is 0 Å². The van der Waals surface area contributed by atoms with Crippen LogP contribution in [-0.4, -0.2) is 19.0 Å². The number of rotatable bonds is 5. The maximum Gasteiger partial charge on any atom is 0.339 e. The molecule has 2 aromatic rings. The Labute approximate surface area is 122 Å². The highest BCUT2D eigenvalue weighted by molar-refractivity contribution is 5.96. The molecule has 0 spiro atoms. The van der Waals surface area contributed by atoms with E-state index in [0.717, 1.165) is 5.56 Å². The number of methoxy groups -OCH3 is 1. The van der Waals surface area contributed by atoms with Gasteiger partial charge in [-0.2, -0.15) is 0 Å². The number of amides is 1. The highest BCUT2D eigenvalue weighted by Gasteiger charge is 2.20. The Morgan fingerprint density at radius 3 is 2.29 bits per heavy atom. The highest BCUT2D eigenvalue weighted by atomic mass is 16.5. The summed E-state index contributed by atoms with van der Waals surface area (Å²) in [7, 11) is 1.31. The first-order valence-electron chi connectivity index (χ1n) is 6.41. The number of para-hydroxylation sites is 1. The van der Waals surface area contributed by atoms with E-state index in [2.05, 4.69) is 5.32 Å². The zero-order chi connectivity index (χ0) is 15.2. The predicted molar refractivity (Wildman–Crippen MR) is 79.8 cm³/mol. The molecule has 108 valence electrons. The SMILES string of the molecule is COC(=O)c1ccccc1NC(C(N)=O)c1ccccc1. The minimum Gasteiger partial charge on any atom is -0.465 e. The van der Waals surface area contributed by atoms with Gasteiger partial charge >= 0.3 is 5.97 Å². The Bertz CT molecular complexity index is 641. The molecule has 0 radical (unpaired) electrons. The lowest BCUT2D eigenvalue weighted by molar-refractivity contribution is -0.118. The Morgan fingerprint density at radius 1 is 1.05 bits per heavy atom. The summed E-state index contributed by atoms with van der Waals surface area (Å²) in [6.45, 7) is 0. The number of primary amides is 1. The molecule has 0 aliphatic carbocycles. The fraction of sp³-hybridized carbons (Fsp3) is 0.125. The largest absolute Gasteiger partial charge is 0.465 e. The number of benzene rings is 2. The van der Waals surface area contributed by atoms with Crippen LogP contribution in [0.4, 0.5) is 5.69 Å². The maximum absolute atomic E-state index is 11.7. The third-order valence-electron chi connectivity index (χ3n) is 3.05. The highest BCUT2D eigenvalue weighted by Crippen LogP contribution is 2.23. The number of nitrogens with one attached hydrogen (secondary N) is 1. The lowest BCUT2D eigenvalue weighted by atomic mass is 10.0. The second-order valence-corrected chi connectivity index (χ2v) is 4.43. The van der Waals surface area contributed by atoms with Crippen LogP contribution in [0.2, 0.25) is 0 Å². The van der Waals surface area contributed by atoms with E-state index >= 15 is 0 Å². The van der Waals surface area contributed by atoms with E-state index in [9.17, 15) is 9.59 Å². The molecule has 0 saturated carbocycles. The van der Waals surface area contributed by atoms with Crippen molar-refractivity contribution in [1.82, 2.24) is 0 Å². The number of anilines is 1. The smallest absolute Gasteiger partial charge is 0.339 e. The lowest BCUT2D eigenvalue weighted by Crippen LogP contribution is -2.28. The Kier molecular flexibility index (Phi) is 4.56. The molecule has 21 heavy (non-hydrogen) atoms. The molecule has 5 nitrogen and oxygen atoms in total. The normalized spacial score (nSPS) is 11.5. The number of carbonyl (C=O) groups is 2. The van der Waals surface area contributed by atoms with Crippen LogP contribution >= 0.6 is 0 Å². The molecule has 1 atom stereocenters. The van der Waals surface area contributed by atoms with Crippen LogP contribution in [-0.2, 0) is 9.53 Å². The zero-order valence-corrected chi connectivity index (χ0v) is 11.6. The molecule has 0 aromatic heterocycles. The first-order chi connectivity index (χ1) is 10.1. The second-order valence-electron chi connectivity index (χ2n) is 4.43. The number of ether oxygens (including phenoxy) is 1. The number of hydrogen-bond donors (Lipinski definition) is 2. The van der Waals surface area contributed by atoms with E-state index in [1.165, 1.54) is 7.11 Å². The van der Waals surface area contributed by atoms with Crippen LogP contribution in [0.5, 0.6) is 0 Å². The predicted octanol–water partition coefficient (Wildman–Crippen LogP) is 2.11. The van der Waals surface area contributed by atoms with Gasteiger partial charge in [-0.3, -0.25) is 4.79 Å². The molecule has 0 bridgehead atoms. The van der Waals surface area contributed by atoms with Crippen molar-refractivity contribution in [3.8, 4) is 0 Å². The van der Waals surface area contributed by atoms with Crippen LogP contribution in [0, 0.1) is 0 Å². The van der Waals surface area contributed by atoms with Crippen LogP contribution in [0.15, 0.2) is 54.6 Å². The monoisotopic (exact) mass is 284 g/mol. The van der Waals surface area contributed by atoms with Gasteiger partial charge < -0.3 is 15.8 Å². The molecule has 0 heterocycles. The molecule has 2 rings (SSSR count). The van der Waals surface area contributed by atoms with E-state index in [0.29, 0.717) is 11.3 Å². The van der Waals surface area contributed by atoms with Gasteiger partial charge in [-0.15, -0.1) is 0 Å². The molecule has 0 saturated heterocycles. The van der Waals surface area contributed by atoms with Gasteiger partial charge in [0.25, 0.3) is 0 Å². The number of esters is 1. The van der Waals surface area contributed by atoms with Crippen LogP contribution in [0.3, 0.4) is 0 Å². The third kappa shape index (κ3) is 3.39. The van der Waals surface area contributed by atoms with E-state index in [-0.39, 0.29) is 0 Å². The van der Waals surface area contributed by atoms with Gasteiger partial charge in [0.05, 0.1) is 12.7 Å². The molecular formula is C16H16N2O3. The van der Waals surface area contributed by atoms with E-state index in [1.807, 2.05) is 18.2 Å². The van der Waals surface area contributed by atoms with Crippen molar-refractivity contribution in [3.63, 3.8) is 0 Å². The summed E-state index contributed by atoms with van der Waals surface area (Å²) in [6, 6.07) is 15.2. The third-order valence-corrected chi connectivity index (χ3v) is 3.05. The average Bonchev–Trinajstić information content (AvgIpc) is 2.52. The van der Waals surface area contributed by atoms with E-state index in [4.69, 9.17) is 10.5 Å². The van der Waals surface area contributed by atoms with Gasteiger partial charge in [-0.1, -0.05) is 42.5 Å². The fourth-order valence-electron chi connectivity index (χ4n) is 2.02. The van der Waals surface area contributed by atoms with Crippen molar-refractivity contribution in [3.05, 3.63) is 65.7 Å². The molecule has 1 amide bonds. The number of hydrogen-bond acceptors (Lipinski definition) is 4. The minimum atomic E-state index is -0.725. The summed E-state index contributed by atoms with van der Waals surface area (Å²) < 4.78 is 4.73. The Hall–Kier alpha value is -2.82. The van der Waals surface area contributed by atoms with Crippen molar-refractivity contribution in [2.75, 3.05) is 12.4 Å². The quantitative estimate of drug-likeness (QED) is 0.824. The zero-order valence-electron chi connectivity index (χ0n) is 11.6. The molecule has 0 aliphatic heterocycles. The topological polar surface area (TPSA) is 81.4 Å². The van der Waals surface area contributed by atoms with Crippen LogP contribution < -0.4 is 11.1 Å². The Morgan fingerprint density at radius 2 is 1.67 bits per heavy atom. The van der Waals surface area contributed by atoms with E-state index in [1.54, 1.807) is 36.4 Å². The van der Waals surface area contributed by atoms with Crippen LogP contribution in [0.25, 0.3) is 0 Å². The van der Waals surface area contributed by atoms with Gasteiger partial charge in [-0.05, 0) is 17.7 Å². The molecule has 5 heteroatoms. The van der Waals surface area contributed by atoms with Crippen molar-refractivity contribution in [2.45, 2.75) is 6.04 Å². The number of nitrogens with two attached hydrogens (primary N) is 1. The first-order valence-corrected chi connectivity index (χ1v) is 6.41. The van der Waals surface area contributed by atoms with Crippen molar-refractivity contribution < 1.29 is 14.3 Å². The van der Waals surface area contributed by atoms with Gasteiger partial charge in [0.1, 0.15) is 6.04 Å². The van der Waals surface area contributed by atoms with Crippen LogP contribution in [0.1, 0.15) is 22.0 Å². The molecule has 1 unspecified atom stereocenters. The summed E-state index contributed by atoms with van der Waals surface area (Å²) >= 11 is 0. The Balaban J connectivity index is 2.35. The molecule has 3 N–H and O–H groups in total. The summed E-state index contributed by atoms with van der Waals surface area (Å²) in [4.78, 5) is 23.4. The summed E-state index contributed by atoms with van der Waals surface area (Å²) in [5.74, 6) is -1.00.